The molecule has 0 aromatic carbocycles. The van der Waals surface area contributed by atoms with Crippen molar-refractivity contribution in [2.45, 2.75) is 51.1 Å². The lowest BCUT2D eigenvalue weighted by molar-refractivity contribution is 0.196. The van der Waals surface area contributed by atoms with Gasteiger partial charge in [0.1, 0.15) is 0 Å². The van der Waals surface area contributed by atoms with Crippen LogP contribution in [0.1, 0.15) is 49.1 Å². The van der Waals surface area contributed by atoms with Crippen LogP contribution in [0, 0.1) is 2.88 Å². The zero-order valence-electron chi connectivity index (χ0n) is 11.6. The minimum absolute atomic E-state index is 0.627. The summed E-state index contributed by atoms with van der Waals surface area (Å²) in [6, 6.07) is 3.77. The molecule has 1 aliphatic heterocycles. The number of halogens is 1. The first-order valence-electron chi connectivity index (χ1n) is 7.52. The fraction of sp³-hybridized carbons (Fsp3) is 0.733. The van der Waals surface area contributed by atoms with Gasteiger partial charge < -0.3 is 10.2 Å². The summed E-state index contributed by atoms with van der Waals surface area (Å²) in [5.74, 6) is 0. The maximum atomic E-state index is 3.95. The summed E-state index contributed by atoms with van der Waals surface area (Å²) in [6.07, 6.45) is 6.63. The van der Waals surface area contributed by atoms with Crippen molar-refractivity contribution < 1.29 is 0 Å². The molecule has 0 saturated carbocycles. The van der Waals surface area contributed by atoms with Gasteiger partial charge >= 0.3 is 0 Å². The van der Waals surface area contributed by atoms with Crippen LogP contribution in [0.25, 0.3) is 0 Å². The number of fused-ring (bicyclic) bond motifs is 1. The predicted molar refractivity (Wildman–Crippen MR) is 91.0 cm³/mol. The van der Waals surface area contributed by atoms with Crippen molar-refractivity contribution in [1.82, 2.24) is 10.2 Å². The highest BCUT2D eigenvalue weighted by Gasteiger charge is 2.26. The SMILES string of the molecule is CCN1CCC(NC2CCCc3sc(I)cc32)CC1. The van der Waals surface area contributed by atoms with Gasteiger partial charge in [0.15, 0.2) is 0 Å². The van der Waals surface area contributed by atoms with Gasteiger partial charge in [0, 0.05) is 17.0 Å². The molecule has 1 aromatic heterocycles. The van der Waals surface area contributed by atoms with Crippen LogP contribution in [0.5, 0.6) is 0 Å². The topological polar surface area (TPSA) is 15.3 Å². The standard InChI is InChI=1S/C15H23IN2S/c1-2-18-8-6-11(7-9-18)17-13-4-3-5-14-12(13)10-15(16)19-14/h10-11,13,17H,2-9H2,1H3. The number of rotatable bonds is 3. The average molecular weight is 390 g/mol. The summed E-state index contributed by atoms with van der Waals surface area (Å²) in [7, 11) is 0. The molecule has 2 nitrogen and oxygen atoms in total. The molecule has 0 radical (unpaired) electrons. The number of nitrogens with one attached hydrogen (secondary N) is 1. The molecule has 1 atom stereocenters. The van der Waals surface area contributed by atoms with E-state index in [-0.39, 0.29) is 0 Å². The van der Waals surface area contributed by atoms with Gasteiger partial charge in [0.25, 0.3) is 0 Å². The van der Waals surface area contributed by atoms with E-state index in [1.54, 1.807) is 10.4 Å². The smallest absolute Gasteiger partial charge is 0.0659 e. The Kier molecular flexibility index (Phi) is 4.82. The summed E-state index contributed by atoms with van der Waals surface area (Å²) in [4.78, 5) is 4.21. The van der Waals surface area contributed by atoms with Crippen molar-refractivity contribution in [2.75, 3.05) is 19.6 Å². The number of aryl methyl sites for hydroxylation is 1. The van der Waals surface area contributed by atoms with Gasteiger partial charge in [-0.15, -0.1) is 11.3 Å². The normalized spacial score (nSPS) is 25.5. The quantitative estimate of drug-likeness (QED) is 0.790. The number of likely N-dealkylation sites (tertiary alicyclic amines) is 1. The Bertz CT molecular complexity index is 424. The summed E-state index contributed by atoms with van der Waals surface area (Å²) < 4.78 is 1.46. The second-order valence-corrected chi connectivity index (χ2v) is 8.78. The number of thiophene rings is 1. The summed E-state index contributed by atoms with van der Waals surface area (Å²) in [6.45, 7) is 6.03. The monoisotopic (exact) mass is 390 g/mol. The molecule has 3 rings (SSSR count). The zero-order chi connectivity index (χ0) is 13.2. The molecule has 19 heavy (non-hydrogen) atoms. The third kappa shape index (κ3) is 3.34. The molecule has 1 N–H and O–H groups in total. The fourth-order valence-corrected chi connectivity index (χ4v) is 5.51. The van der Waals surface area contributed by atoms with Crippen LogP contribution in [-0.2, 0) is 6.42 Å². The molecule has 1 fully saturated rings. The van der Waals surface area contributed by atoms with Gasteiger partial charge in [0.05, 0.1) is 2.88 Å². The highest BCUT2D eigenvalue weighted by atomic mass is 127. The lowest BCUT2D eigenvalue weighted by Crippen LogP contribution is -2.44. The Morgan fingerprint density at radius 1 is 1.37 bits per heavy atom. The van der Waals surface area contributed by atoms with Crippen LogP contribution in [0.3, 0.4) is 0 Å². The minimum atomic E-state index is 0.627. The van der Waals surface area contributed by atoms with Gasteiger partial charge in [-0.3, -0.25) is 0 Å². The first-order valence-corrected chi connectivity index (χ1v) is 9.42. The molecule has 1 aromatic rings. The van der Waals surface area contributed by atoms with Crippen molar-refractivity contribution in [3.8, 4) is 0 Å². The summed E-state index contributed by atoms with van der Waals surface area (Å²) in [5, 5.41) is 3.95. The average Bonchev–Trinajstić information content (AvgIpc) is 2.81. The Morgan fingerprint density at radius 2 is 2.16 bits per heavy atom. The van der Waals surface area contributed by atoms with Crippen molar-refractivity contribution >= 4 is 33.9 Å². The van der Waals surface area contributed by atoms with E-state index in [1.165, 1.54) is 54.6 Å². The number of nitrogens with zero attached hydrogens (tertiary/aromatic N) is 1. The molecule has 0 bridgehead atoms. The Morgan fingerprint density at radius 3 is 2.89 bits per heavy atom. The Balaban J connectivity index is 1.62. The number of hydrogen-bond acceptors (Lipinski definition) is 3. The van der Waals surface area contributed by atoms with E-state index in [2.05, 4.69) is 45.8 Å². The van der Waals surface area contributed by atoms with Crippen molar-refractivity contribution in [2.24, 2.45) is 0 Å². The van der Waals surface area contributed by atoms with Gasteiger partial charge in [-0.2, -0.15) is 0 Å². The van der Waals surface area contributed by atoms with E-state index in [0.717, 1.165) is 6.04 Å². The van der Waals surface area contributed by atoms with Crippen LogP contribution in [0.15, 0.2) is 6.07 Å². The molecule has 1 aliphatic carbocycles. The lowest BCUT2D eigenvalue weighted by Gasteiger charge is -2.35. The fourth-order valence-electron chi connectivity index (χ4n) is 3.39. The molecule has 4 heteroatoms. The van der Waals surface area contributed by atoms with Crippen LogP contribution in [0.4, 0.5) is 0 Å². The first kappa shape index (κ1) is 14.3. The maximum absolute atomic E-state index is 3.95. The summed E-state index contributed by atoms with van der Waals surface area (Å²) in [5.41, 5.74) is 1.61. The van der Waals surface area contributed by atoms with E-state index in [9.17, 15) is 0 Å². The molecule has 1 unspecified atom stereocenters. The molecule has 1 saturated heterocycles. The van der Waals surface area contributed by atoms with E-state index >= 15 is 0 Å². The van der Waals surface area contributed by atoms with Crippen LogP contribution in [-0.4, -0.2) is 30.6 Å². The molecule has 0 amide bonds. The highest BCUT2D eigenvalue weighted by Crippen LogP contribution is 2.36. The van der Waals surface area contributed by atoms with Gasteiger partial charge in [-0.05, 0) is 86.0 Å². The van der Waals surface area contributed by atoms with Crippen molar-refractivity contribution in [1.29, 1.82) is 0 Å². The van der Waals surface area contributed by atoms with Gasteiger partial charge in [-0.1, -0.05) is 6.92 Å². The van der Waals surface area contributed by atoms with Gasteiger partial charge in [0.2, 0.25) is 0 Å². The second kappa shape index (κ2) is 6.41. The molecule has 2 aliphatic rings. The third-order valence-electron chi connectivity index (χ3n) is 4.56. The lowest BCUT2D eigenvalue weighted by atomic mass is 9.92. The molecule has 2 heterocycles. The number of piperidine rings is 1. The van der Waals surface area contributed by atoms with E-state index in [0.29, 0.717) is 6.04 Å². The summed E-state index contributed by atoms with van der Waals surface area (Å²) >= 11 is 4.47. The third-order valence-corrected chi connectivity index (χ3v) is 6.53. The zero-order valence-corrected chi connectivity index (χ0v) is 14.6. The molecule has 106 valence electrons. The predicted octanol–water partition coefficient (Wildman–Crippen LogP) is 3.80. The molecular weight excluding hydrogens is 367 g/mol. The minimum Gasteiger partial charge on any atom is -0.307 e. The molecular formula is C15H23IN2S. The van der Waals surface area contributed by atoms with Crippen LogP contribution in [0.2, 0.25) is 0 Å². The Labute approximate surface area is 134 Å². The maximum Gasteiger partial charge on any atom is 0.0659 e. The van der Waals surface area contributed by atoms with Crippen molar-refractivity contribution in [3.05, 3.63) is 19.4 Å². The van der Waals surface area contributed by atoms with Crippen LogP contribution >= 0.6 is 33.9 Å². The number of hydrogen-bond donors (Lipinski definition) is 1. The highest BCUT2D eigenvalue weighted by molar-refractivity contribution is 14.1. The molecule has 0 spiro atoms. The first-order chi connectivity index (χ1) is 9.26. The van der Waals surface area contributed by atoms with Crippen LogP contribution < -0.4 is 5.32 Å². The van der Waals surface area contributed by atoms with E-state index in [4.69, 9.17) is 0 Å². The largest absolute Gasteiger partial charge is 0.307 e. The van der Waals surface area contributed by atoms with Crippen molar-refractivity contribution in [3.63, 3.8) is 0 Å². The van der Waals surface area contributed by atoms with Gasteiger partial charge in [-0.25, -0.2) is 0 Å². The Hall–Kier alpha value is 0.350. The van der Waals surface area contributed by atoms with E-state index < -0.39 is 0 Å². The van der Waals surface area contributed by atoms with E-state index in [1.807, 2.05) is 11.3 Å². The second-order valence-electron chi connectivity index (χ2n) is 5.75.